The number of anilines is 1. The minimum Gasteiger partial charge on any atom is -0.496 e. The Morgan fingerprint density at radius 1 is 1.09 bits per heavy atom. The van der Waals surface area contributed by atoms with Gasteiger partial charge >= 0.3 is 0 Å². The van der Waals surface area contributed by atoms with Crippen LogP contribution < -0.4 is 10.1 Å². The standard InChI is InChI=1S/C19H18N2O2/c1-12-8-9-14-16(10-11-20-18(14)13(12)2)21-19(22)15-6-4-5-7-17(15)23-3/h4-11H,1-3H3,(H,20,21,22). The average molecular weight is 306 g/mol. The van der Waals surface area contributed by atoms with Gasteiger partial charge in [0.25, 0.3) is 5.91 Å². The maximum absolute atomic E-state index is 12.6. The summed E-state index contributed by atoms with van der Waals surface area (Å²) in [7, 11) is 1.56. The summed E-state index contributed by atoms with van der Waals surface area (Å²) in [6.45, 7) is 4.09. The van der Waals surface area contributed by atoms with Gasteiger partial charge in [0.05, 0.1) is 23.9 Å². The normalized spacial score (nSPS) is 10.6. The third kappa shape index (κ3) is 2.75. The van der Waals surface area contributed by atoms with E-state index in [1.54, 1.807) is 25.4 Å². The van der Waals surface area contributed by atoms with Crippen LogP contribution in [-0.4, -0.2) is 18.0 Å². The number of pyridine rings is 1. The molecule has 2 aromatic carbocycles. The fourth-order valence-electron chi connectivity index (χ4n) is 2.59. The molecule has 0 aliphatic carbocycles. The summed E-state index contributed by atoms with van der Waals surface area (Å²) >= 11 is 0. The van der Waals surface area contributed by atoms with Gasteiger partial charge in [0, 0.05) is 11.6 Å². The van der Waals surface area contributed by atoms with Gasteiger partial charge in [-0.15, -0.1) is 0 Å². The van der Waals surface area contributed by atoms with E-state index in [4.69, 9.17) is 4.74 Å². The number of hydrogen-bond acceptors (Lipinski definition) is 3. The van der Waals surface area contributed by atoms with E-state index in [0.717, 1.165) is 22.2 Å². The summed E-state index contributed by atoms with van der Waals surface area (Å²) in [6, 6.07) is 13.0. The highest BCUT2D eigenvalue weighted by molar-refractivity contribution is 6.10. The Balaban J connectivity index is 2.02. The van der Waals surface area contributed by atoms with Crippen LogP contribution in [0.25, 0.3) is 10.9 Å². The number of benzene rings is 2. The summed E-state index contributed by atoms with van der Waals surface area (Å²) < 4.78 is 5.25. The van der Waals surface area contributed by atoms with Crippen LogP contribution in [0.1, 0.15) is 21.5 Å². The molecule has 1 amide bonds. The molecule has 0 spiro atoms. The molecule has 23 heavy (non-hydrogen) atoms. The average Bonchev–Trinajstić information content (AvgIpc) is 2.58. The van der Waals surface area contributed by atoms with E-state index in [9.17, 15) is 4.79 Å². The van der Waals surface area contributed by atoms with Crippen molar-refractivity contribution in [2.24, 2.45) is 0 Å². The molecule has 0 unspecified atom stereocenters. The Bertz CT molecular complexity index is 888. The molecule has 0 saturated carbocycles. The smallest absolute Gasteiger partial charge is 0.259 e. The van der Waals surface area contributed by atoms with Crippen LogP contribution in [0.5, 0.6) is 5.75 Å². The zero-order valence-electron chi connectivity index (χ0n) is 13.4. The van der Waals surface area contributed by atoms with Gasteiger partial charge in [0.15, 0.2) is 0 Å². The van der Waals surface area contributed by atoms with Gasteiger partial charge in [0.1, 0.15) is 5.75 Å². The van der Waals surface area contributed by atoms with Crippen LogP contribution >= 0.6 is 0 Å². The highest BCUT2D eigenvalue weighted by Gasteiger charge is 2.14. The number of amides is 1. The predicted molar refractivity (Wildman–Crippen MR) is 92.2 cm³/mol. The van der Waals surface area contributed by atoms with Gasteiger partial charge in [-0.1, -0.05) is 24.3 Å². The molecular formula is C19H18N2O2. The molecule has 1 aromatic heterocycles. The quantitative estimate of drug-likeness (QED) is 0.792. The minimum absolute atomic E-state index is 0.201. The summed E-state index contributed by atoms with van der Waals surface area (Å²) in [4.78, 5) is 17.0. The molecular weight excluding hydrogens is 288 g/mol. The van der Waals surface area contributed by atoms with E-state index >= 15 is 0 Å². The number of fused-ring (bicyclic) bond motifs is 1. The van der Waals surface area contributed by atoms with Crippen molar-refractivity contribution in [3.05, 3.63) is 65.4 Å². The highest BCUT2D eigenvalue weighted by Crippen LogP contribution is 2.27. The molecule has 1 N–H and O–H groups in total. The van der Waals surface area contributed by atoms with Crippen molar-refractivity contribution < 1.29 is 9.53 Å². The first kappa shape index (κ1) is 15.0. The van der Waals surface area contributed by atoms with Crippen LogP contribution in [0.3, 0.4) is 0 Å². The van der Waals surface area contributed by atoms with E-state index < -0.39 is 0 Å². The molecule has 0 atom stereocenters. The molecule has 116 valence electrons. The maximum atomic E-state index is 12.6. The third-order valence-corrected chi connectivity index (χ3v) is 4.04. The monoisotopic (exact) mass is 306 g/mol. The lowest BCUT2D eigenvalue weighted by Gasteiger charge is -2.12. The van der Waals surface area contributed by atoms with Crippen LogP contribution in [0.4, 0.5) is 5.69 Å². The van der Waals surface area contributed by atoms with Gasteiger partial charge in [-0.25, -0.2) is 0 Å². The number of para-hydroxylation sites is 1. The topological polar surface area (TPSA) is 51.2 Å². The van der Waals surface area contributed by atoms with Crippen molar-refractivity contribution in [3.63, 3.8) is 0 Å². The van der Waals surface area contributed by atoms with Crippen molar-refractivity contribution in [2.75, 3.05) is 12.4 Å². The van der Waals surface area contributed by atoms with Crippen LogP contribution in [0.2, 0.25) is 0 Å². The van der Waals surface area contributed by atoms with Gasteiger partial charge in [0.2, 0.25) is 0 Å². The number of aromatic nitrogens is 1. The van der Waals surface area contributed by atoms with Gasteiger partial charge in [-0.05, 0) is 43.2 Å². The maximum Gasteiger partial charge on any atom is 0.259 e. The van der Waals surface area contributed by atoms with E-state index in [1.807, 2.05) is 37.3 Å². The lowest BCUT2D eigenvalue weighted by atomic mass is 10.0. The summed E-state index contributed by atoms with van der Waals surface area (Å²) in [5.74, 6) is 0.351. The molecule has 0 radical (unpaired) electrons. The van der Waals surface area contributed by atoms with Crippen molar-refractivity contribution >= 4 is 22.5 Å². The lowest BCUT2D eigenvalue weighted by molar-refractivity contribution is 0.102. The molecule has 4 heteroatoms. The zero-order chi connectivity index (χ0) is 16.4. The van der Waals surface area contributed by atoms with Crippen molar-refractivity contribution in [1.29, 1.82) is 0 Å². The van der Waals surface area contributed by atoms with E-state index in [-0.39, 0.29) is 5.91 Å². The Morgan fingerprint density at radius 2 is 1.87 bits per heavy atom. The fourth-order valence-corrected chi connectivity index (χ4v) is 2.59. The molecule has 0 bridgehead atoms. The molecule has 3 aromatic rings. The Morgan fingerprint density at radius 3 is 2.65 bits per heavy atom. The van der Waals surface area contributed by atoms with E-state index in [1.165, 1.54) is 5.56 Å². The first-order valence-corrected chi connectivity index (χ1v) is 7.41. The molecule has 0 saturated heterocycles. The van der Waals surface area contributed by atoms with Crippen molar-refractivity contribution in [1.82, 2.24) is 4.98 Å². The number of aryl methyl sites for hydroxylation is 2. The number of nitrogens with one attached hydrogen (secondary N) is 1. The van der Waals surface area contributed by atoms with Crippen LogP contribution in [0.15, 0.2) is 48.7 Å². The van der Waals surface area contributed by atoms with Gasteiger partial charge in [-0.3, -0.25) is 9.78 Å². The third-order valence-electron chi connectivity index (χ3n) is 4.04. The summed E-state index contributed by atoms with van der Waals surface area (Å²) in [5, 5.41) is 3.89. The number of carbonyl (C=O) groups is 1. The van der Waals surface area contributed by atoms with Crippen LogP contribution in [-0.2, 0) is 0 Å². The largest absolute Gasteiger partial charge is 0.496 e. The number of carbonyl (C=O) groups excluding carboxylic acids is 1. The molecule has 0 fully saturated rings. The number of methoxy groups -OCH3 is 1. The fraction of sp³-hybridized carbons (Fsp3) is 0.158. The Kier molecular flexibility index (Phi) is 3.98. The highest BCUT2D eigenvalue weighted by atomic mass is 16.5. The number of nitrogens with zero attached hydrogens (tertiary/aromatic N) is 1. The van der Waals surface area contributed by atoms with E-state index in [2.05, 4.69) is 17.2 Å². The Hall–Kier alpha value is -2.88. The second kappa shape index (κ2) is 6.08. The number of ether oxygens (including phenoxy) is 1. The van der Waals surface area contributed by atoms with Crippen molar-refractivity contribution in [3.8, 4) is 5.75 Å². The molecule has 0 aliphatic heterocycles. The molecule has 3 rings (SSSR count). The second-order valence-electron chi connectivity index (χ2n) is 5.42. The van der Waals surface area contributed by atoms with Gasteiger partial charge in [-0.2, -0.15) is 0 Å². The number of hydrogen-bond donors (Lipinski definition) is 1. The minimum atomic E-state index is -0.201. The molecule has 1 heterocycles. The summed E-state index contributed by atoms with van der Waals surface area (Å²) in [6.07, 6.45) is 1.71. The van der Waals surface area contributed by atoms with Crippen molar-refractivity contribution in [2.45, 2.75) is 13.8 Å². The van der Waals surface area contributed by atoms with E-state index in [0.29, 0.717) is 11.3 Å². The zero-order valence-corrected chi connectivity index (χ0v) is 13.4. The lowest BCUT2D eigenvalue weighted by Crippen LogP contribution is -2.13. The number of rotatable bonds is 3. The Labute approximate surface area is 135 Å². The van der Waals surface area contributed by atoms with Gasteiger partial charge < -0.3 is 10.1 Å². The first-order chi connectivity index (χ1) is 11.1. The molecule has 0 aliphatic rings. The predicted octanol–water partition coefficient (Wildman–Crippen LogP) is 4.11. The second-order valence-corrected chi connectivity index (χ2v) is 5.42. The summed E-state index contributed by atoms with van der Waals surface area (Å²) in [5.41, 5.74) is 4.45. The van der Waals surface area contributed by atoms with Crippen LogP contribution in [0, 0.1) is 13.8 Å². The molecule has 4 nitrogen and oxygen atoms in total. The SMILES string of the molecule is COc1ccccc1C(=O)Nc1ccnc2c(C)c(C)ccc12. The first-order valence-electron chi connectivity index (χ1n) is 7.41.